The zero-order chi connectivity index (χ0) is 24.3. The first-order valence-corrected chi connectivity index (χ1v) is 10.1. The number of hydrazone groups is 1. The summed E-state index contributed by atoms with van der Waals surface area (Å²) in [7, 11) is 0. The Morgan fingerprint density at radius 1 is 0.938 bits per heavy atom. The van der Waals surface area contributed by atoms with Gasteiger partial charge in [-0.1, -0.05) is 47.6 Å². The van der Waals surface area contributed by atoms with E-state index in [2.05, 4.69) is 58.1 Å². The molecule has 0 bridgehead atoms. The molecule has 0 aliphatic carbocycles. The first kappa shape index (κ1) is 24.6. The number of nitro groups is 2. The second kappa shape index (κ2) is 9.25. The highest BCUT2D eigenvalue weighted by atomic mass is 16.6. The van der Waals surface area contributed by atoms with Crippen molar-refractivity contribution < 1.29 is 14.6 Å². The Bertz CT molecular complexity index is 1050. The molecule has 0 atom stereocenters. The highest BCUT2D eigenvalue weighted by Gasteiger charge is 2.22. The Balaban J connectivity index is 2.21. The lowest BCUT2D eigenvalue weighted by Gasteiger charge is -2.25. The van der Waals surface area contributed by atoms with Gasteiger partial charge in [0, 0.05) is 11.6 Å². The Labute approximate surface area is 186 Å². The number of hydrogen-bond acceptors (Lipinski definition) is 6. The maximum absolute atomic E-state index is 12.3. The summed E-state index contributed by atoms with van der Waals surface area (Å²) in [5, 5.41) is 26.1. The van der Waals surface area contributed by atoms with Gasteiger partial charge in [-0.05, 0) is 45.7 Å². The molecule has 9 heteroatoms. The van der Waals surface area contributed by atoms with E-state index in [9.17, 15) is 25.0 Å². The summed E-state index contributed by atoms with van der Waals surface area (Å²) in [5.74, 6) is -0.568. The molecular weight excluding hydrogens is 412 g/mol. The second-order valence-corrected chi connectivity index (χ2v) is 9.64. The predicted molar refractivity (Wildman–Crippen MR) is 123 cm³/mol. The van der Waals surface area contributed by atoms with E-state index in [1.807, 2.05) is 12.1 Å². The SMILES string of the molecule is CC(C)(C)c1cc(C=NNC(=O)Cc2ccc([N+](=O)[O-])cc2[N+](=O)[O-])cc(C(C)(C)C)c1. The molecule has 2 aromatic carbocycles. The van der Waals surface area contributed by atoms with Gasteiger partial charge in [0.15, 0.2) is 0 Å². The lowest BCUT2D eigenvalue weighted by atomic mass is 9.80. The van der Waals surface area contributed by atoms with Crippen molar-refractivity contribution in [1.82, 2.24) is 5.43 Å². The molecule has 0 spiro atoms. The van der Waals surface area contributed by atoms with Crippen LogP contribution in [0, 0.1) is 20.2 Å². The van der Waals surface area contributed by atoms with Crippen LogP contribution in [0.2, 0.25) is 0 Å². The van der Waals surface area contributed by atoms with Gasteiger partial charge in [0.2, 0.25) is 5.91 Å². The zero-order valence-corrected chi connectivity index (χ0v) is 19.1. The minimum Gasteiger partial charge on any atom is -0.273 e. The molecule has 0 radical (unpaired) electrons. The van der Waals surface area contributed by atoms with E-state index in [0.29, 0.717) is 0 Å². The predicted octanol–water partition coefficient (Wildman–Crippen LogP) is 4.79. The molecular formula is C23H28N4O5. The summed E-state index contributed by atoms with van der Waals surface area (Å²) in [6.45, 7) is 12.7. The Morgan fingerprint density at radius 3 is 1.97 bits per heavy atom. The quantitative estimate of drug-likeness (QED) is 0.392. The van der Waals surface area contributed by atoms with Crippen LogP contribution < -0.4 is 5.43 Å². The number of rotatable bonds is 6. The number of amides is 1. The molecule has 0 heterocycles. The standard InChI is InChI=1S/C23H28N4O5/c1-22(2,3)17-9-15(10-18(12-17)23(4,5)6)14-24-25-21(28)11-16-7-8-19(26(29)30)13-20(16)27(31)32/h7-10,12-14H,11H2,1-6H3,(H,25,28). The lowest BCUT2D eigenvalue weighted by molar-refractivity contribution is -0.394. The molecule has 1 amide bonds. The first-order valence-electron chi connectivity index (χ1n) is 10.1. The van der Waals surface area contributed by atoms with Crippen LogP contribution in [0.25, 0.3) is 0 Å². The number of benzene rings is 2. The van der Waals surface area contributed by atoms with Crippen LogP contribution in [0.15, 0.2) is 41.5 Å². The van der Waals surface area contributed by atoms with Crippen molar-refractivity contribution in [2.75, 3.05) is 0 Å². The van der Waals surface area contributed by atoms with E-state index in [-0.39, 0.29) is 22.8 Å². The highest BCUT2D eigenvalue weighted by molar-refractivity contribution is 5.84. The van der Waals surface area contributed by atoms with Crippen molar-refractivity contribution in [3.63, 3.8) is 0 Å². The van der Waals surface area contributed by atoms with Gasteiger partial charge in [-0.3, -0.25) is 25.0 Å². The molecule has 170 valence electrons. The average Bonchev–Trinajstić information content (AvgIpc) is 2.66. The van der Waals surface area contributed by atoms with Crippen LogP contribution in [0.3, 0.4) is 0 Å². The van der Waals surface area contributed by atoms with Gasteiger partial charge in [0.1, 0.15) is 0 Å². The summed E-state index contributed by atoms with van der Waals surface area (Å²) in [6, 6.07) is 9.37. The minimum atomic E-state index is -0.745. The minimum absolute atomic E-state index is 0.0675. The third-order valence-electron chi connectivity index (χ3n) is 4.92. The first-order chi connectivity index (χ1) is 14.7. The zero-order valence-electron chi connectivity index (χ0n) is 19.1. The smallest absolute Gasteiger partial charge is 0.273 e. The van der Waals surface area contributed by atoms with Crippen molar-refractivity contribution in [2.45, 2.75) is 58.8 Å². The van der Waals surface area contributed by atoms with Crippen molar-refractivity contribution in [3.05, 3.63) is 78.9 Å². The van der Waals surface area contributed by atoms with Crippen LogP contribution in [0.5, 0.6) is 0 Å². The molecule has 0 aliphatic rings. The Kier molecular flexibility index (Phi) is 7.13. The molecule has 1 N–H and O–H groups in total. The van der Waals surface area contributed by atoms with E-state index < -0.39 is 27.1 Å². The van der Waals surface area contributed by atoms with Crippen LogP contribution >= 0.6 is 0 Å². The number of carbonyl (C=O) groups is 1. The van der Waals surface area contributed by atoms with Crippen LogP contribution in [0.1, 0.15) is 63.8 Å². The van der Waals surface area contributed by atoms with Crippen molar-refractivity contribution in [1.29, 1.82) is 0 Å². The van der Waals surface area contributed by atoms with Crippen molar-refractivity contribution >= 4 is 23.5 Å². The maximum Gasteiger partial charge on any atom is 0.279 e. The van der Waals surface area contributed by atoms with Crippen molar-refractivity contribution in [2.24, 2.45) is 5.10 Å². The monoisotopic (exact) mass is 440 g/mol. The number of nitrogens with one attached hydrogen (secondary N) is 1. The number of carbonyl (C=O) groups excluding carboxylic acids is 1. The van der Waals surface area contributed by atoms with Crippen LogP contribution in [0.4, 0.5) is 11.4 Å². The molecule has 0 aliphatic heterocycles. The van der Waals surface area contributed by atoms with Gasteiger partial charge < -0.3 is 0 Å². The molecule has 2 aromatic rings. The molecule has 0 aromatic heterocycles. The molecule has 0 saturated heterocycles. The summed E-state index contributed by atoms with van der Waals surface area (Å²) < 4.78 is 0. The largest absolute Gasteiger partial charge is 0.279 e. The third kappa shape index (κ3) is 6.44. The number of nitro benzene ring substituents is 2. The van der Waals surface area contributed by atoms with E-state index in [4.69, 9.17) is 0 Å². The number of hydrogen-bond donors (Lipinski definition) is 1. The lowest BCUT2D eigenvalue weighted by Crippen LogP contribution is -2.20. The summed E-state index contributed by atoms with van der Waals surface area (Å²) >= 11 is 0. The van der Waals surface area contributed by atoms with Gasteiger partial charge in [-0.15, -0.1) is 0 Å². The van der Waals surface area contributed by atoms with Gasteiger partial charge in [0.05, 0.1) is 28.5 Å². The van der Waals surface area contributed by atoms with Gasteiger partial charge in [0.25, 0.3) is 11.4 Å². The fourth-order valence-electron chi connectivity index (χ4n) is 2.97. The molecule has 0 fully saturated rings. The normalized spacial score (nSPS) is 12.1. The molecule has 32 heavy (non-hydrogen) atoms. The van der Waals surface area contributed by atoms with Gasteiger partial charge in [-0.25, -0.2) is 5.43 Å². The van der Waals surface area contributed by atoms with Crippen LogP contribution in [-0.2, 0) is 22.0 Å². The van der Waals surface area contributed by atoms with Gasteiger partial charge >= 0.3 is 0 Å². The summed E-state index contributed by atoms with van der Waals surface area (Å²) in [4.78, 5) is 32.9. The highest BCUT2D eigenvalue weighted by Crippen LogP contribution is 2.30. The topological polar surface area (TPSA) is 128 Å². The van der Waals surface area contributed by atoms with E-state index in [0.717, 1.165) is 28.8 Å². The fourth-order valence-corrected chi connectivity index (χ4v) is 2.97. The molecule has 0 saturated carbocycles. The maximum atomic E-state index is 12.3. The Hall–Kier alpha value is -3.62. The number of nitrogens with zero attached hydrogens (tertiary/aromatic N) is 3. The van der Waals surface area contributed by atoms with E-state index >= 15 is 0 Å². The molecule has 9 nitrogen and oxygen atoms in total. The van der Waals surface area contributed by atoms with Crippen LogP contribution in [-0.4, -0.2) is 22.0 Å². The summed E-state index contributed by atoms with van der Waals surface area (Å²) in [6.07, 6.45) is 1.20. The van der Waals surface area contributed by atoms with E-state index in [1.165, 1.54) is 12.3 Å². The van der Waals surface area contributed by atoms with Gasteiger partial charge in [-0.2, -0.15) is 5.10 Å². The third-order valence-corrected chi connectivity index (χ3v) is 4.92. The fraction of sp³-hybridized carbons (Fsp3) is 0.391. The molecule has 0 unspecified atom stereocenters. The van der Waals surface area contributed by atoms with Crippen molar-refractivity contribution in [3.8, 4) is 0 Å². The number of non-ortho nitro benzene ring substituents is 1. The Morgan fingerprint density at radius 2 is 1.50 bits per heavy atom. The average molecular weight is 441 g/mol. The molecule has 2 rings (SSSR count). The second-order valence-electron chi connectivity index (χ2n) is 9.64. The van der Waals surface area contributed by atoms with E-state index in [1.54, 1.807) is 0 Å². The summed E-state index contributed by atoms with van der Waals surface area (Å²) in [5.41, 5.74) is 4.52.